The Hall–Kier alpha value is -8.14. The van der Waals surface area contributed by atoms with Crippen LogP contribution in [0.25, 0.3) is 99.5 Å². The molecule has 0 bridgehead atoms. The Morgan fingerprint density at radius 2 is 0.605 bits per heavy atom. The highest BCUT2D eigenvalue weighted by Gasteiger charge is 2.51. The lowest BCUT2D eigenvalue weighted by molar-refractivity contribution is -0.659. The van der Waals surface area contributed by atoms with Crippen molar-refractivity contribution in [1.82, 2.24) is 0 Å². The number of pyridine rings is 3. The van der Waals surface area contributed by atoms with Crippen molar-refractivity contribution in [3.05, 3.63) is 252 Å². The maximum atomic E-state index is 2.62. The van der Waals surface area contributed by atoms with Crippen LogP contribution in [0.4, 0.5) is 0 Å². The summed E-state index contributed by atoms with van der Waals surface area (Å²) in [5.74, 6) is 4.21. The highest BCUT2D eigenvalue weighted by atomic mass is 28.3. The average Bonchev–Trinajstić information content (AvgIpc) is 0.956. The van der Waals surface area contributed by atoms with E-state index >= 15 is 0 Å². The van der Waals surface area contributed by atoms with E-state index in [-0.39, 0.29) is 10.1 Å². The molecule has 9 aromatic carbocycles. The monoisotopic (exact) mass is 1630 g/mol. The van der Waals surface area contributed by atoms with Gasteiger partial charge in [-0.15, -0.1) is 0 Å². The standard InChI is InChI=1S/C40H54NSi.C37H48NSi.C36H46NSi/c1-28(2)25-42(26-29(3)4,27-30(5)6)36-18-19-37-34(22-36)20-21-41(8)40(37)39-24-35(32-14-10-9-11-15-32)23-38(31(39)7)33-16-12-13-17-33;1-26-33(28-17-13-14-18-28)24-30(27-15-11-10-12-16-27)25-34(26)35-32-20-19-31(23-29(32)21-22-38(35)8)39(9,36(2,3)4)37(5,6)7;1-8-38(9-2,36(4,5)6)31-19-20-32-29(23-31)21-22-37(7)35(32)34-25-30(27-15-11-10-12-16-27)24-33(26(34)3)28-17-13-14-18-28/h9-11,14-15,18-24,28-30,33H,12-13,16-17,25-27H2,1-8H3;10-12,15-16,19-25,28H,13-14,17-18H2,1-9H3;10-12,15-16,19-25,28H,8-9,13-14,17-18H2,1-7H3/q3*+1. The van der Waals surface area contributed by atoms with Crippen molar-refractivity contribution in [2.24, 2.45) is 38.9 Å². The Morgan fingerprint density at radius 3 is 0.882 bits per heavy atom. The molecule has 0 spiro atoms. The van der Waals surface area contributed by atoms with Gasteiger partial charge in [0.05, 0.1) is 57.1 Å². The molecule has 0 unspecified atom stereocenters. The fraction of sp³-hybridized carbons (Fsp3) is 0.442. The van der Waals surface area contributed by atoms with E-state index in [2.05, 4.69) is 399 Å². The van der Waals surface area contributed by atoms with Crippen LogP contribution >= 0.6 is 0 Å². The minimum atomic E-state index is -1.85. The molecule has 3 nitrogen and oxygen atoms in total. The first-order chi connectivity index (χ1) is 56.6. The van der Waals surface area contributed by atoms with Gasteiger partial charge in [0, 0.05) is 18.2 Å². The fourth-order valence-electron chi connectivity index (χ4n) is 23.5. The van der Waals surface area contributed by atoms with Gasteiger partial charge in [-0.05, 0) is 229 Å². The molecule has 0 aliphatic heterocycles. The molecule has 0 atom stereocenters. The Kier molecular flexibility index (Phi) is 27.2. The number of rotatable bonds is 20. The molecule has 0 radical (unpaired) electrons. The fourth-order valence-corrected chi connectivity index (χ4v) is 40.3. The maximum absolute atomic E-state index is 2.62. The number of fused-ring (bicyclic) bond motifs is 3. The molecule has 3 heterocycles. The lowest BCUT2D eigenvalue weighted by atomic mass is 9.85. The number of aryl methyl sites for hydroxylation is 3. The smallest absolute Gasteiger partial charge is 0.200 e. The van der Waals surface area contributed by atoms with Crippen LogP contribution in [0.1, 0.15) is 246 Å². The largest absolute Gasteiger partial charge is 0.220 e. The van der Waals surface area contributed by atoms with E-state index in [1.165, 1.54) is 223 Å². The molecule has 3 aliphatic carbocycles. The van der Waals surface area contributed by atoms with Gasteiger partial charge >= 0.3 is 0 Å². The molecular weight excluding hydrogens is 1480 g/mol. The van der Waals surface area contributed by atoms with E-state index in [0.29, 0.717) is 22.8 Å². The third kappa shape index (κ3) is 18.2. The van der Waals surface area contributed by atoms with Crippen LogP contribution in [0.2, 0.25) is 51.9 Å². The highest BCUT2D eigenvalue weighted by molar-refractivity contribution is 6.95. The van der Waals surface area contributed by atoms with Gasteiger partial charge in [0.2, 0.25) is 17.1 Å². The molecular formula is C113H148N3Si3+3. The van der Waals surface area contributed by atoms with Gasteiger partial charge in [-0.1, -0.05) is 354 Å². The first-order valence-electron chi connectivity index (χ1n) is 46.5. The van der Waals surface area contributed by atoms with E-state index in [4.69, 9.17) is 0 Å². The van der Waals surface area contributed by atoms with Crippen LogP contribution < -0.4 is 29.3 Å². The predicted octanol–water partition coefficient (Wildman–Crippen LogP) is 29.9. The summed E-state index contributed by atoms with van der Waals surface area (Å²) in [6.07, 6.45) is 22.9. The molecule has 119 heavy (non-hydrogen) atoms. The zero-order valence-corrected chi connectivity index (χ0v) is 81.1. The minimum Gasteiger partial charge on any atom is -0.200 e. The van der Waals surface area contributed by atoms with E-state index in [1.807, 2.05) is 0 Å². The molecule has 6 heteroatoms. The zero-order chi connectivity index (χ0) is 85.3. The van der Waals surface area contributed by atoms with Gasteiger partial charge in [0.1, 0.15) is 21.1 Å². The Balaban J connectivity index is 0.000000155. The minimum absolute atomic E-state index is 0.262. The summed E-state index contributed by atoms with van der Waals surface area (Å²) in [7, 11) is 1.49. The molecule has 12 aromatic rings. The summed E-state index contributed by atoms with van der Waals surface area (Å²) in [6.45, 7) is 51.3. The summed E-state index contributed by atoms with van der Waals surface area (Å²) in [6, 6.07) is 84.2. The summed E-state index contributed by atoms with van der Waals surface area (Å²) >= 11 is 0. The van der Waals surface area contributed by atoms with Gasteiger partial charge in [0.25, 0.3) is 0 Å². The van der Waals surface area contributed by atoms with E-state index in [1.54, 1.807) is 32.3 Å². The van der Waals surface area contributed by atoms with Crippen molar-refractivity contribution in [3.63, 3.8) is 0 Å². The number of hydrogen-bond donors (Lipinski definition) is 0. The van der Waals surface area contributed by atoms with Crippen LogP contribution in [0, 0.1) is 38.5 Å². The summed E-state index contributed by atoms with van der Waals surface area (Å²) in [5.41, 5.74) is 25.2. The molecule has 0 amide bonds. The summed E-state index contributed by atoms with van der Waals surface area (Å²) in [5, 5.41) is 14.0. The van der Waals surface area contributed by atoms with Crippen molar-refractivity contribution in [1.29, 1.82) is 0 Å². The van der Waals surface area contributed by atoms with Gasteiger partial charge in [-0.25, -0.2) is 13.7 Å². The van der Waals surface area contributed by atoms with Crippen molar-refractivity contribution in [3.8, 4) is 67.2 Å². The lowest BCUT2D eigenvalue weighted by Gasteiger charge is -2.50. The molecule has 0 saturated heterocycles. The first kappa shape index (κ1) is 88.6. The van der Waals surface area contributed by atoms with Crippen molar-refractivity contribution in [2.75, 3.05) is 0 Å². The van der Waals surface area contributed by atoms with Gasteiger partial charge in [-0.2, -0.15) is 0 Å². The summed E-state index contributed by atoms with van der Waals surface area (Å²) < 4.78 is 7.08. The van der Waals surface area contributed by atoms with Crippen LogP contribution in [0.5, 0.6) is 0 Å². The SMILES string of the molecule is CC[Si](CC)(c1ccc2c(-c3cc(-c4ccccc4)cc(C4CCCC4)c3C)[n+](C)ccc2c1)C(C)(C)C.Cc1c(-c2c3ccc([Si](C)(C(C)(C)C)C(C)(C)C)cc3cc[n+]2C)cc(-c2ccccc2)cc1C1CCCC1.Cc1c(-c2c3ccc([Si](CC(C)C)(CC(C)C)CC(C)C)cc3cc[n+]2C)cc(-c2ccccc2)cc1C1CCCC1. The lowest BCUT2D eigenvalue weighted by Crippen LogP contribution is -2.58. The normalized spacial score (nSPS) is 14.9. The van der Waals surface area contributed by atoms with Gasteiger partial charge in [-0.3, -0.25) is 0 Å². The molecule has 0 N–H and O–H groups in total. The quantitative estimate of drug-likeness (QED) is 0.0532. The van der Waals surface area contributed by atoms with Crippen molar-refractivity contribution in [2.45, 2.75) is 285 Å². The molecule has 624 valence electrons. The van der Waals surface area contributed by atoms with E-state index in [0.717, 1.165) is 17.8 Å². The number of aromatic nitrogens is 3. The number of hydrogen-bond acceptors (Lipinski definition) is 0. The van der Waals surface area contributed by atoms with Gasteiger partial charge in [0.15, 0.2) is 18.6 Å². The molecule has 3 fully saturated rings. The maximum Gasteiger partial charge on any atom is 0.220 e. The third-order valence-electron chi connectivity index (χ3n) is 30.0. The Bertz CT molecular complexity index is 5490. The zero-order valence-electron chi connectivity index (χ0n) is 78.1. The molecule has 3 saturated carbocycles. The van der Waals surface area contributed by atoms with Crippen LogP contribution in [0.3, 0.4) is 0 Å². The average molecular weight is 1630 g/mol. The molecule has 3 aliphatic rings. The van der Waals surface area contributed by atoms with Crippen molar-refractivity contribution < 1.29 is 13.7 Å². The van der Waals surface area contributed by atoms with Gasteiger partial charge < -0.3 is 0 Å². The van der Waals surface area contributed by atoms with Crippen molar-refractivity contribution >= 4 is 72.1 Å². The predicted molar refractivity (Wildman–Crippen MR) is 527 cm³/mol. The Labute approximate surface area is 724 Å². The van der Waals surface area contributed by atoms with Crippen LogP contribution in [-0.4, -0.2) is 24.2 Å². The third-order valence-corrected chi connectivity index (χ3v) is 50.5. The second kappa shape index (κ2) is 36.5. The highest BCUT2D eigenvalue weighted by Crippen LogP contribution is 2.52. The first-order valence-corrected chi connectivity index (χ1v) is 54.0. The number of benzene rings is 9. The number of nitrogens with zero attached hydrogens (tertiary/aromatic N) is 3. The topological polar surface area (TPSA) is 11.6 Å². The van der Waals surface area contributed by atoms with Crippen LogP contribution in [-0.2, 0) is 21.1 Å². The summed E-state index contributed by atoms with van der Waals surface area (Å²) in [4.78, 5) is 0. The molecule has 3 aromatic heterocycles. The van der Waals surface area contributed by atoms with E-state index in [9.17, 15) is 0 Å². The Morgan fingerprint density at radius 1 is 0.328 bits per heavy atom. The second-order valence-corrected chi connectivity index (χ2v) is 57.6. The molecule has 15 rings (SSSR count). The van der Waals surface area contributed by atoms with E-state index < -0.39 is 24.2 Å². The second-order valence-electron chi connectivity index (χ2n) is 41.7. The van der Waals surface area contributed by atoms with Crippen LogP contribution in [0.15, 0.2) is 219 Å².